The highest BCUT2D eigenvalue weighted by atomic mass is 16.4. The lowest BCUT2D eigenvalue weighted by Crippen LogP contribution is -2.58. The molecule has 1 N–H and O–H groups in total. The first-order chi connectivity index (χ1) is 8.10. The fourth-order valence-corrected chi connectivity index (χ4v) is 3.93. The summed E-state index contributed by atoms with van der Waals surface area (Å²) in [6.07, 6.45) is 7.40. The van der Waals surface area contributed by atoms with Crippen molar-refractivity contribution in [2.24, 2.45) is 5.92 Å². The molecule has 3 atom stereocenters. The van der Waals surface area contributed by atoms with Gasteiger partial charge in [0.1, 0.15) is 5.54 Å². The number of carboxylic acids is 1. The van der Waals surface area contributed by atoms with Crippen LogP contribution in [0.5, 0.6) is 0 Å². The van der Waals surface area contributed by atoms with Crippen molar-refractivity contribution in [1.82, 2.24) is 4.90 Å². The highest BCUT2D eigenvalue weighted by Crippen LogP contribution is 2.41. The third-order valence-electron chi connectivity index (χ3n) is 4.77. The largest absolute Gasteiger partial charge is 0.480 e. The van der Waals surface area contributed by atoms with Crippen LogP contribution in [0.25, 0.3) is 0 Å². The molecule has 0 radical (unpaired) electrons. The van der Waals surface area contributed by atoms with Crippen molar-refractivity contribution in [3.63, 3.8) is 0 Å². The molecule has 98 valence electrons. The van der Waals surface area contributed by atoms with E-state index < -0.39 is 11.5 Å². The minimum atomic E-state index is -0.579. The minimum absolute atomic E-state index is 0.497. The number of hydrogen-bond donors (Lipinski definition) is 1. The van der Waals surface area contributed by atoms with Gasteiger partial charge in [-0.1, -0.05) is 26.7 Å². The van der Waals surface area contributed by atoms with Gasteiger partial charge in [-0.3, -0.25) is 9.69 Å². The Morgan fingerprint density at radius 3 is 2.76 bits per heavy atom. The fraction of sp³-hybridized carbons (Fsp3) is 0.929. The molecular formula is C14H25NO2. The first kappa shape index (κ1) is 12.9. The van der Waals surface area contributed by atoms with E-state index in [4.69, 9.17) is 0 Å². The van der Waals surface area contributed by atoms with Gasteiger partial charge in [0.05, 0.1) is 0 Å². The van der Waals surface area contributed by atoms with Crippen LogP contribution in [-0.4, -0.2) is 34.1 Å². The standard InChI is InChI=1S/C14H25NO2/c1-3-12-7-5-9-15(12)14(13(16)17)8-4-6-11(2)10-14/h11-12H,3-10H2,1-2H3,(H,16,17). The average molecular weight is 239 g/mol. The molecule has 3 nitrogen and oxygen atoms in total. The normalized spacial score (nSPS) is 39.4. The van der Waals surface area contributed by atoms with Crippen LogP contribution in [0.2, 0.25) is 0 Å². The Morgan fingerprint density at radius 1 is 1.41 bits per heavy atom. The fourth-order valence-electron chi connectivity index (χ4n) is 3.93. The van der Waals surface area contributed by atoms with E-state index in [1.807, 2.05) is 0 Å². The summed E-state index contributed by atoms with van der Waals surface area (Å²) in [7, 11) is 0. The van der Waals surface area contributed by atoms with Crippen LogP contribution in [-0.2, 0) is 4.79 Å². The van der Waals surface area contributed by atoms with Gasteiger partial charge >= 0.3 is 5.97 Å². The van der Waals surface area contributed by atoms with Crippen molar-refractivity contribution in [1.29, 1.82) is 0 Å². The molecule has 0 aromatic heterocycles. The zero-order valence-electron chi connectivity index (χ0n) is 11.1. The summed E-state index contributed by atoms with van der Waals surface area (Å²) < 4.78 is 0. The molecule has 1 heterocycles. The molecule has 2 rings (SSSR count). The van der Waals surface area contributed by atoms with E-state index in [1.165, 1.54) is 19.3 Å². The quantitative estimate of drug-likeness (QED) is 0.823. The second-order valence-electron chi connectivity index (χ2n) is 5.94. The van der Waals surface area contributed by atoms with Gasteiger partial charge < -0.3 is 5.11 Å². The molecule has 0 amide bonds. The Morgan fingerprint density at radius 2 is 2.18 bits per heavy atom. The summed E-state index contributed by atoms with van der Waals surface area (Å²) in [6, 6.07) is 0.497. The smallest absolute Gasteiger partial charge is 0.324 e. The highest BCUT2D eigenvalue weighted by Gasteiger charge is 2.49. The Kier molecular flexibility index (Phi) is 3.76. The Balaban J connectivity index is 2.24. The zero-order valence-corrected chi connectivity index (χ0v) is 11.1. The molecule has 17 heavy (non-hydrogen) atoms. The first-order valence-corrected chi connectivity index (χ1v) is 7.10. The SMILES string of the molecule is CCC1CCCN1C1(C(=O)O)CCCC(C)C1. The Bertz CT molecular complexity index is 292. The van der Waals surface area contributed by atoms with Gasteiger partial charge in [0.15, 0.2) is 0 Å². The summed E-state index contributed by atoms with van der Waals surface area (Å²) in [5, 5.41) is 9.74. The summed E-state index contributed by atoms with van der Waals surface area (Å²) in [6.45, 7) is 5.37. The second kappa shape index (κ2) is 4.97. The van der Waals surface area contributed by atoms with Gasteiger partial charge in [-0.15, -0.1) is 0 Å². The van der Waals surface area contributed by atoms with Crippen LogP contribution in [0.15, 0.2) is 0 Å². The predicted molar refractivity (Wildman–Crippen MR) is 68.0 cm³/mol. The molecule has 1 saturated carbocycles. The lowest BCUT2D eigenvalue weighted by molar-refractivity contribution is -0.156. The summed E-state index contributed by atoms with van der Waals surface area (Å²) >= 11 is 0. The third kappa shape index (κ3) is 2.22. The molecule has 1 aliphatic heterocycles. The van der Waals surface area contributed by atoms with Gasteiger partial charge in [0, 0.05) is 6.04 Å². The molecule has 0 spiro atoms. The van der Waals surface area contributed by atoms with Gasteiger partial charge in [-0.25, -0.2) is 0 Å². The Hall–Kier alpha value is -0.570. The lowest BCUT2D eigenvalue weighted by atomic mass is 9.75. The molecule has 2 fully saturated rings. The van der Waals surface area contributed by atoms with Crippen molar-refractivity contribution in [3.8, 4) is 0 Å². The maximum atomic E-state index is 11.8. The zero-order chi connectivity index (χ0) is 12.5. The van der Waals surface area contributed by atoms with Crippen LogP contribution in [0.1, 0.15) is 58.8 Å². The monoisotopic (exact) mass is 239 g/mol. The average Bonchev–Trinajstić information content (AvgIpc) is 2.77. The maximum Gasteiger partial charge on any atom is 0.324 e. The van der Waals surface area contributed by atoms with Gasteiger partial charge in [0.25, 0.3) is 0 Å². The van der Waals surface area contributed by atoms with E-state index in [-0.39, 0.29) is 0 Å². The van der Waals surface area contributed by atoms with Crippen molar-refractivity contribution in [3.05, 3.63) is 0 Å². The van der Waals surface area contributed by atoms with Crippen LogP contribution in [0, 0.1) is 5.92 Å². The molecule has 2 aliphatic rings. The molecule has 0 bridgehead atoms. The highest BCUT2D eigenvalue weighted by molar-refractivity contribution is 5.79. The van der Waals surface area contributed by atoms with Crippen molar-refractivity contribution >= 4 is 5.97 Å². The number of likely N-dealkylation sites (tertiary alicyclic amines) is 1. The lowest BCUT2D eigenvalue weighted by Gasteiger charge is -2.45. The Labute approximate surface area is 104 Å². The van der Waals surface area contributed by atoms with Crippen LogP contribution in [0.3, 0.4) is 0 Å². The number of rotatable bonds is 3. The maximum absolute atomic E-state index is 11.8. The van der Waals surface area contributed by atoms with Crippen molar-refractivity contribution in [2.75, 3.05) is 6.54 Å². The number of nitrogens with zero attached hydrogens (tertiary/aromatic N) is 1. The van der Waals surface area contributed by atoms with Crippen LogP contribution < -0.4 is 0 Å². The predicted octanol–water partition coefficient (Wildman–Crippen LogP) is 2.89. The van der Waals surface area contributed by atoms with E-state index in [0.717, 1.165) is 32.2 Å². The summed E-state index contributed by atoms with van der Waals surface area (Å²) in [4.78, 5) is 14.2. The number of hydrogen-bond acceptors (Lipinski definition) is 2. The first-order valence-electron chi connectivity index (χ1n) is 7.10. The number of aliphatic carboxylic acids is 1. The van der Waals surface area contributed by atoms with Gasteiger partial charge in [-0.05, 0) is 44.6 Å². The molecule has 0 aromatic rings. The molecule has 3 heteroatoms. The summed E-state index contributed by atoms with van der Waals surface area (Å²) in [5.74, 6) is -0.0256. The van der Waals surface area contributed by atoms with E-state index >= 15 is 0 Å². The van der Waals surface area contributed by atoms with E-state index in [9.17, 15) is 9.90 Å². The van der Waals surface area contributed by atoms with Crippen molar-refractivity contribution < 1.29 is 9.90 Å². The van der Waals surface area contributed by atoms with E-state index in [0.29, 0.717) is 12.0 Å². The molecule has 1 aliphatic carbocycles. The van der Waals surface area contributed by atoms with Gasteiger partial charge in [0.2, 0.25) is 0 Å². The summed E-state index contributed by atoms with van der Waals surface area (Å²) in [5.41, 5.74) is -0.547. The van der Waals surface area contributed by atoms with Gasteiger partial charge in [-0.2, -0.15) is 0 Å². The third-order valence-corrected chi connectivity index (χ3v) is 4.77. The molecule has 1 saturated heterocycles. The number of carbonyl (C=O) groups is 1. The van der Waals surface area contributed by atoms with Crippen LogP contribution >= 0.6 is 0 Å². The van der Waals surface area contributed by atoms with Crippen LogP contribution in [0.4, 0.5) is 0 Å². The second-order valence-corrected chi connectivity index (χ2v) is 5.94. The molecule has 3 unspecified atom stereocenters. The number of carboxylic acid groups (broad SMARTS) is 1. The molecule has 0 aromatic carbocycles. The van der Waals surface area contributed by atoms with E-state index in [1.54, 1.807) is 0 Å². The minimum Gasteiger partial charge on any atom is -0.480 e. The van der Waals surface area contributed by atoms with E-state index in [2.05, 4.69) is 18.7 Å². The molecular weight excluding hydrogens is 214 g/mol. The van der Waals surface area contributed by atoms with Crippen molar-refractivity contribution in [2.45, 2.75) is 70.4 Å². The topological polar surface area (TPSA) is 40.5 Å².